The first-order valence-corrected chi connectivity index (χ1v) is 16.9. The Morgan fingerprint density at radius 2 is 1.57 bits per heavy atom. The monoisotopic (exact) mass is 596 g/mol. The summed E-state index contributed by atoms with van der Waals surface area (Å²) in [7, 11) is 0. The van der Waals surface area contributed by atoms with Crippen molar-refractivity contribution in [2.45, 2.75) is 64.7 Å². The molecule has 0 radical (unpaired) electrons. The van der Waals surface area contributed by atoms with Crippen LogP contribution in [-0.4, -0.2) is 0 Å². The van der Waals surface area contributed by atoms with Crippen LogP contribution in [0.5, 0.6) is 0 Å². The summed E-state index contributed by atoms with van der Waals surface area (Å²) < 4.78 is 0. The van der Waals surface area contributed by atoms with Crippen molar-refractivity contribution in [3.63, 3.8) is 0 Å². The maximum atomic E-state index is 4.13. The van der Waals surface area contributed by atoms with Gasteiger partial charge in [0, 0.05) is 5.41 Å². The highest BCUT2D eigenvalue weighted by Gasteiger charge is 2.48. The first-order valence-electron chi connectivity index (χ1n) is 16.9. The van der Waals surface area contributed by atoms with Crippen LogP contribution in [-0.2, 0) is 17.3 Å². The standard InChI is InChI=1S/C46H44/c1-7-10-11-20-35(9-3)46(32(5)17-8-2)40-23-15-14-22-39(40)43-34(19-16-24-41(43)46)30-45(6)42-29-31(4)25-27-37(42)38-28-26-33-18-12-13-21-36(33)44(38)45/h8-9,11-29H,2,7,10,30H2,1,3-6H3. The number of rotatable bonds is 8. The smallest absolute Gasteiger partial charge is 0.0670 e. The van der Waals surface area contributed by atoms with E-state index in [1.165, 1.54) is 77.6 Å². The van der Waals surface area contributed by atoms with Crippen LogP contribution in [0.4, 0.5) is 0 Å². The first-order chi connectivity index (χ1) is 22.4. The average Bonchev–Trinajstić information content (AvgIpc) is 3.51. The van der Waals surface area contributed by atoms with Gasteiger partial charge in [-0.2, -0.15) is 0 Å². The zero-order chi connectivity index (χ0) is 32.1. The Hall–Kier alpha value is -4.68. The molecular weight excluding hydrogens is 553 g/mol. The molecule has 0 saturated heterocycles. The van der Waals surface area contributed by atoms with Crippen LogP contribution in [0, 0.1) is 6.92 Å². The molecule has 0 heterocycles. The van der Waals surface area contributed by atoms with Crippen molar-refractivity contribution in [1.29, 1.82) is 0 Å². The molecule has 7 rings (SSSR count). The van der Waals surface area contributed by atoms with E-state index in [-0.39, 0.29) is 10.8 Å². The molecule has 0 aliphatic heterocycles. The fourth-order valence-electron chi connectivity index (χ4n) is 8.77. The van der Waals surface area contributed by atoms with Gasteiger partial charge in [-0.15, -0.1) is 0 Å². The number of hydrogen-bond donors (Lipinski definition) is 0. The molecule has 2 aliphatic carbocycles. The van der Waals surface area contributed by atoms with E-state index < -0.39 is 0 Å². The van der Waals surface area contributed by atoms with Crippen molar-refractivity contribution in [3.05, 3.63) is 179 Å². The molecule has 46 heavy (non-hydrogen) atoms. The third-order valence-corrected chi connectivity index (χ3v) is 10.7. The molecule has 0 spiro atoms. The molecule has 0 aromatic heterocycles. The van der Waals surface area contributed by atoms with Crippen molar-refractivity contribution in [2.75, 3.05) is 0 Å². The maximum Gasteiger partial charge on any atom is 0.0670 e. The minimum Gasteiger partial charge on any atom is -0.0991 e. The molecule has 0 heteroatoms. The Morgan fingerprint density at radius 1 is 0.804 bits per heavy atom. The first kappa shape index (κ1) is 30.0. The summed E-state index contributed by atoms with van der Waals surface area (Å²) >= 11 is 0. The largest absolute Gasteiger partial charge is 0.0991 e. The van der Waals surface area contributed by atoms with Gasteiger partial charge in [0.25, 0.3) is 0 Å². The van der Waals surface area contributed by atoms with Gasteiger partial charge in [-0.1, -0.05) is 165 Å². The van der Waals surface area contributed by atoms with Crippen molar-refractivity contribution in [1.82, 2.24) is 0 Å². The third-order valence-electron chi connectivity index (χ3n) is 10.7. The summed E-state index contributed by atoms with van der Waals surface area (Å²) in [6, 6.07) is 36.9. The number of hydrogen-bond acceptors (Lipinski definition) is 0. The van der Waals surface area contributed by atoms with Crippen molar-refractivity contribution < 1.29 is 0 Å². The lowest BCUT2D eigenvalue weighted by Gasteiger charge is -2.35. The highest BCUT2D eigenvalue weighted by molar-refractivity contribution is 5.98. The van der Waals surface area contributed by atoms with Crippen LogP contribution in [0.3, 0.4) is 0 Å². The minimum absolute atomic E-state index is 0.191. The van der Waals surface area contributed by atoms with E-state index >= 15 is 0 Å². The van der Waals surface area contributed by atoms with Crippen LogP contribution >= 0.6 is 0 Å². The van der Waals surface area contributed by atoms with Crippen molar-refractivity contribution in [2.24, 2.45) is 0 Å². The molecule has 2 atom stereocenters. The normalized spacial score (nSPS) is 20.1. The van der Waals surface area contributed by atoms with E-state index in [0.717, 1.165) is 19.3 Å². The van der Waals surface area contributed by atoms with Gasteiger partial charge in [0.15, 0.2) is 0 Å². The highest BCUT2D eigenvalue weighted by Crippen LogP contribution is 2.59. The molecule has 0 saturated carbocycles. The molecule has 0 fully saturated rings. The van der Waals surface area contributed by atoms with E-state index in [9.17, 15) is 0 Å². The number of aryl methyl sites for hydroxylation is 1. The summed E-state index contributed by atoms with van der Waals surface area (Å²) in [5.41, 5.74) is 15.9. The Labute approximate surface area is 275 Å². The van der Waals surface area contributed by atoms with E-state index in [1.807, 2.05) is 6.08 Å². The molecule has 0 amide bonds. The van der Waals surface area contributed by atoms with Crippen LogP contribution in [0.15, 0.2) is 145 Å². The average molecular weight is 597 g/mol. The lowest BCUT2D eigenvalue weighted by atomic mass is 9.66. The molecular formula is C46H44. The second-order valence-corrected chi connectivity index (χ2v) is 13.4. The Morgan fingerprint density at radius 3 is 2.37 bits per heavy atom. The van der Waals surface area contributed by atoms with E-state index in [2.05, 4.69) is 163 Å². The summed E-state index contributed by atoms with van der Waals surface area (Å²) in [5.74, 6) is 0. The Kier molecular flexibility index (Phi) is 7.56. The minimum atomic E-state index is -0.384. The van der Waals surface area contributed by atoms with Gasteiger partial charge in [0.1, 0.15) is 0 Å². The predicted octanol–water partition coefficient (Wildman–Crippen LogP) is 12.4. The van der Waals surface area contributed by atoms with E-state index in [0.29, 0.717) is 0 Å². The molecule has 228 valence electrons. The molecule has 0 nitrogen and oxygen atoms in total. The quantitative estimate of drug-likeness (QED) is 0.156. The SMILES string of the molecule is C=CC=C(C)C1(C(C=CCCC)=CC)c2ccccc2-c2c(CC3(C)c4cc(C)ccc4-c4ccc5ccccc5c43)cccc21. The molecule has 2 aliphatic rings. The topological polar surface area (TPSA) is 0 Å². The van der Waals surface area contributed by atoms with Gasteiger partial charge in [-0.05, 0) is 100 Å². The molecule has 2 unspecified atom stereocenters. The molecule has 0 bridgehead atoms. The number of unbranched alkanes of at least 4 members (excludes halogenated alkanes) is 1. The zero-order valence-corrected chi connectivity index (χ0v) is 28.0. The van der Waals surface area contributed by atoms with Gasteiger partial charge >= 0.3 is 0 Å². The van der Waals surface area contributed by atoms with Crippen LogP contribution in [0.25, 0.3) is 33.0 Å². The summed E-state index contributed by atoms with van der Waals surface area (Å²) in [4.78, 5) is 0. The van der Waals surface area contributed by atoms with Gasteiger partial charge < -0.3 is 0 Å². The number of benzene rings is 5. The molecule has 5 aromatic rings. The van der Waals surface area contributed by atoms with Gasteiger partial charge in [-0.25, -0.2) is 0 Å². The lowest BCUT2D eigenvalue weighted by molar-refractivity contribution is 0.587. The van der Waals surface area contributed by atoms with Crippen LogP contribution in [0.1, 0.15) is 73.9 Å². The Bertz CT molecular complexity index is 2100. The number of fused-ring (bicyclic) bond motifs is 8. The van der Waals surface area contributed by atoms with Gasteiger partial charge in [0.05, 0.1) is 5.41 Å². The van der Waals surface area contributed by atoms with Crippen LogP contribution < -0.4 is 0 Å². The second kappa shape index (κ2) is 11.6. The maximum absolute atomic E-state index is 4.13. The van der Waals surface area contributed by atoms with Gasteiger partial charge in [0.2, 0.25) is 0 Å². The highest BCUT2D eigenvalue weighted by atomic mass is 14.5. The molecule has 0 N–H and O–H groups in total. The summed E-state index contributed by atoms with van der Waals surface area (Å²) in [6.07, 6.45) is 14.3. The van der Waals surface area contributed by atoms with Crippen molar-refractivity contribution in [3.8, 4) is 22.3 Å². The number of allylic oxidation sites excluding steroid dienone is 7. The van der Waals surface area contributed by atoms with Gasteiger partial charge in [-0.3, -0.25) is 0 Å². The van der Waals surface area contributed by atoms with E-state index in [1.54, 1.807) is 0 Å². The predicted molar refractivity (Wildman–Crippen MR) is 199 cm³/mol. The zero-order valence-electron chi connectivity index (χ0n) is 28.0. The van der Waals surface area contributed by atoms with Crippen molar-refractivity contribution >= 4 is 10.8 Å². The van der Waals surface area contributed by atoms with E-state index in [4.69, 9.17) is 0 Å². The Balaban J connectivity index is 1.51. The fraction of sp³-hybridized carbons (Fsp3) is 0.217. The second-order valence-electron chi connectivity index (χ2n) is 13.4. The third kappa shape index (κ3) is 4.27. The fourth-order valence-corrected chi connectivity index (χ4v) is 8.77. The molecule has 5 aromatic carbocycles. The summed E-state index contributed by atoms with van der Waals surface area (Å²) in [5, 5.41) is 2.67. The van der Waals surface area contributed by atoms with Crippen LogP contribution in [0.2, 0.25) is 0 Å². The summed E-state index contributed by atoms with van der Waals surface area (Å²) in [6.45, 7) is 15.6. The lowest BCUT2D eigenvalue weighted by Crippen LogP contribution is -2.29.